The van der Waals surface area contributed by atoms with Crippen molar-refractivity contribution in [3.8, 4) is 0 Å². The maximum atomic E-state index is 5.97. The fraction of sp³-hybridized carbons (Fsp3) is 0.600. The van der Waals surface area contributed by atoms with E-state index in [0.717, 1.165) is 17.5 Å². The first kappa shape index (κ1) is 12.9. The molecule has 1 N–H and O–H groups in total. The van der Waals surface area contributed by atoms with Gasteiger partial charge in [0.15, 0.2) is 0 Å². The molecule has 0 saturated heterocycles. The first-order valence-corrected chi connectivity index (χ1v) is 7.12. The van der Waals surface area contributed by atoms with Gasteiger partial charge in [-0.25, -0.2) is 0 Å². The van der Waals surface area contributed by atoms with Crippen LogP contribution in [-0.4, -0.2) is 12.6 Å². The van der Waals surface area contributed by atoms with Crippen molar-refractivity contribution in [3.63, 3.8) is 0 Å². The Bertz CT molecular complexity index is 342. The third kappa shape index (κ3) is 3.23. The van der Waals surface area contributed by atoms with Gasteiger partial charge in [-0.1, -0.05) is 37.6 Å². The van der Waals surface area contributed by atoms with Gasteiger partial charge in [0.1, 0.15) is 0 Å². The minimum absolute atomic E-state index is 0.605. The maximum Gasteiger partial charge on any atom is 0.0406 e. The van der Waals surface area contributed by atoms with Crippen LogP contribution in [0.25, 0.3) is 0 Å². The molecular weight excluding hydrogens is 230 g/mol. The first-order valence-electron chi connectivity index (χ1n) is 6.75. The highest BCUT2D eigenvalue weighted by molar-refractivity contribution is 6.30. The number of hydrogen-bond donors (Lipinski definition) is 1. The van der Waals surface area contributed by atoms with Gasteiger partial charge in [0.25, 0.3) is 0 Å². The topological polar surface area (TPSA) is 12.0 Å². The summed E-state index contributed by atoms with van der Waals surface area (Å²) in [6.45, 7) is 5.52. The van der Waals surface area contributed by atoms with Crippen molar-refractivity contribution < 1.29 is 0 Å². The van der Waals surface area contributed by atoms with Crippen LogP contribution < -0.4 is 5.32 Å². The smallest absolute Gasteiger partial charge is 0.0406 e. The van der Waals surface area contributed by atoms with Crippen LogP contribution in [-0.2, 0) is 0 Å². The summed E-state index contributed by atoms with van der Waals surface area (Å²) in [5.74, 6) is 1.54. The van der Waals surface area contributed by atoms with Crippen LogP contribution in [0.5, 0.6) is 0 Å². The van der Waals surface area contributed by atoms with E-state index in [0.29, 0.717) is 12.0 Å². The second-order valence-corrected chi connectivity index (χ2v) is 5.42. The van der Waals surface area contributed by atoms with E-state index in [2.05, 4.69) is 31.3 Å². The molecule has 0 spiro atoms. The molecule has 94 valence electrons. The zero-order chi connectivity index (χ0) is 12.3. The summed E-state index contributed by atoms with van der Waals surface area (Å²) in [4.78, 5) is 0. The summed E-state index contributed by atoms with van der Waals surface area (Å²) < 4.78 is 0. The third-order valence-corrected chi connectivity index (χ3v) is 3.98. The zero-order valence-electron chi connectivity index (χ0n) is 10.7. The van der Waals surface area contributed by atoms with Crippen molar-refractivity contribution in [2.45, 2.75) is 45.1 Å². The quantitative estimate of drug-likeness (QED) is 0.798. The van der Waals surface area contributed by atoms with Gasteiger partial charge in [0.05, 0.1) is 0 Å². The summed E-state index contributed by atoms with van der Waals surface area (Å²) in [5.41, 5.74) is 1.45. The molecule has 2 atom stereocenters. The second kappa shape index (κ2) is 5.88. The van der Waals surface area contributed by atoms with Gasteiger partial charge in [-0.3, -0.25) is 0 Å². The Morgan fingerprint density at radius 3 is 2.35 bits per heavy atom. The van der Waals surface area contributed by atoms with Gasteiger partial charge in [0.2, 0.25) is 0 Å². The van der Waals surface area contributed by atoms with Crippen LogP contribution in [0, 0.1) is 5.92 Å². The van der Waals surface area contributed by atoms with E-state index < -0.39 is 0 Å². The van der Waals surface area contributed by atoms with Gasteiger partial charge in [0, 0.05) is 17.0 Å². The molecule has 2 heteroatoms. The van der Waals surface area contributed by atoms with Crippen molar-refractivity contribution in [2.75, 3.05) is 6.54 Å². The number of rotatable bonds is 6. The molecule has 1 saturated carbocycles. The lowest BCUT2D eigenvalue weighted by molar-refractivity contribution is 0.397. The molecule has 0 aliphatic heterocycles. The van der Waals surface area contributed by atoms with Gasteiger partial charge < -0.3 is 5.32 Å². The molecule has 0 heterocycles. The predicted molar refractivity (Wildman–Crippen MR) is 74.7 cm³/mol. The van der Waals surface area contributed by atoms with Crippen molar-refractivity contribution in [3.05, 3.63) is 34.9 Å². The Balaban J connectivity index is 2.18. The van der Waals surface area contributed by atoms with Gasteiger partial charge in [-0.05, 0) is 49.4 Å². The van der Waals surface area contributed by atoms with Crippen molar-refractivity contribution in [2.24, 2.45) is 5.92 Å². The van der Waals surface area contributed by atoms with Crippen LogP contribution >= 0.6 is 11.6 Å². The van der Waals surface area contributed by atoms with Crippen LogP contribution in [0.15, 0.2) is 24.3 Å². The van der Waals surface area contributed by atoms with Crippen LogP contribution in [0.4, 0.5) is 0 Å². The summed E-state index contributed by atoms with van der Waals surface area (Å²) in [7, 11) is 0. The van der Waals surface area contributed by atoms with E-state index in [1.807, 2.05) is 12.1 Å². The minimum Gasteiger partial charge on any atom is -0.314 e. The minimum atomic E-state index is 0.605. The molecule has 2 unspecified atom stereocenters. The molecule has 0 radical (unpaired) electrons. The van der Waals surface area contributed by atoms with Crippen molar-refractivity contribution >= 4 is 11.6 Å². The average Bonchev–Trinajstić information content (AvgIpc) is 3.15. The molecule has 17 heavy (non-hydrogen) atoms. The number of likely N-dealkylation sites (N-methyl/N-ethyl adjacent to an activating group) is 1. The van der Waals surface area contributed by atoms with Crippen molar-refractivity contribution in [1.82, 2.24) is 5.32 Å². The van der Waals surface area contributed by atoms with Crippen LogP contribution in [0.1, 0.15) is 44.6 Å². The zero-order valence-corrected chi connectivity index (χ0v) is 11.5. The standard InChI is InChI=1S/C15H22ClN/c1-3-14(17-4-2)15(11-5-6-11)12-7-9-13(16)10-8-12/h7-11,14-15,17H,3-6H2,1-2H3. The van der Waals surface area contributed by atoms with E-state index in [-0.39, 0.29) is 0 Å². The van der Waals surface area contributed by atoms with E-state index >= 15 is 0 Å². The molecule has 1 nitrogen and oxygen atoms in total. The predicted octanol–water partition coefficient (Wildman–Crippen LogP) is 4.22. The number of benzene rings is 1. The lowest BCUT2D eigenvalue weighted by Gasteiger charge is -2.27. The van der Waals surface area contributed by atoms with Gasteiger partial charge in [-0.2, -0.15) is 0 Å². The molecule has 1 fully saturated rings. The molecule has 2 rings (SSSR count). The van der Waals surface area contributed by atoms with Gasteiger partial charge >= 0.3 is 0 Å². The summed E-state index contributed by atoms with van der Waals surface area (Å²) in [6, 6.07) is 9.04. The normalized spacial score (nSPS) is 19.0. The molecule has 1 aliphatic carbocycles. The number of nitrogens with one attached hydrogen (secondary N) is 1. The lowest BCUT2D eigenvalue weighted by atomic mass is 9.86. The summed E-state index contributed by atoms with van der Waals surface area (Å²) >= 11 is 5.97. The fourth-order valence-corrected chi connectivity index (χ4v) is 2.89. The molecule has 1 aliphatic rings. The third-order valence-electron chi connectivity index (χ3n) is 3.72. The van der Waals surface area contributed by atoms with Crippen molar-refractivity contribution in [1.29, 1.82) is 0 Å². The first-order chi connectivity index (χ1) is 8.26. The Morgan fingerprint density at radius 1 is 1.24 bits per heavy atom. The monoisotopic (exact) mass is 251 g/mol. The molecular formula is C15H22ClN. The fourth-order valence-electron chi connectivity index (χ4n) is 2.76. The molecule has 0 amide bonds. The van der Waals surface area contributed by atoms with Gasteiger partial charge in [-0.15, -0.1) is 0 Å². The Kier molecular flexibility index (Phi) is 4.47. The molecule has 0 aromatic heterocycles. The highest BCUT2D eigenvalue weighted by Crippen LogP contribution is 2.45. The lowest BCUT2D eigenvalue weighted by Crippen LogP contribution is -2.35. The van der Waals surface area contributed by atoms with E-state index in [1.165, 1.54) is 24.8 Å². The second-order valence-electron chi connectivity index (χ2n) is 4.99. The summed E-state index contributed by atoms with van der Waals surface area (Å²) in [6.07, 6.45) is 3.96. The number of halogens is 1. The average molecular weight is 252 g/mol. The largest absolute Gasteiger partial charge is 0.314 e. The highest BCUT2D eigenvalue weighted by atomic mass is 35.5. The highest BCUT2D eigenvalue weighted by Gasteiger charge is 2.36. The maximum absolute atomic E-state index is 5.97. The van der Waals surface area contributed by atoms with Crippen LogP contribution in [0.2, 0.25) is 5.02 Å². The van der Waals surface area contributed by atoms with Crippen LogP contribution in [0.3, 0.4) is 0 Å². The van der Waals surface area contributed by atoms with E-state index in [1.54, 1.807) is 0 Å². The SMILES string of the molecule is CCNC(CC)C(c1ccc(Cl)cc1)C1CC1. The Hall–Kier alpha value is -0.530. The Labute approximate surface area is 110 Å². The molecule has 0 bridgehead atoms. The van der Waals surface area contributed by atoms with E-state index in [4.69, 9.17) is 11.6 Å². The molecule has 1 aromatic rings. The summed E-state index contributed by atoms with van der Waals surface area (Å²) in [5, 5.41) is 4.47. The van der Waals surface area contributed by atoms with E-state index in [9.17, 15) is 0 Å². The number of hydrogen-bond acceptors (Lipinski definition) is 1. The Morgan fingerprint density at radius 2 is 1.88 bits per heavy atom. The molecule has 1 aromatic carbocycles.